The van der Waals surface area contributed by atoms with Crippen LogP contribution >= 0.6 is 0 Å². The van der Waals surface area contributed by atoms with Gasteiger partial charge in [-0.1, -0.05) is 18.2 Å². The summed E-state index contributed by atoms with van der Waals surface area (Å²) in [4.78, 5) is 13.1. The van der Waals surface area contributed by atoms with Gasteiger partial charge in [-0.2, -0.15) is 0 Å². The average Bonchev–Trinajstić information content (AvgIpc) is 2.80. The van der Waals surface area contributed by atoms with Gasteiger partial charge in [-0.15, -0.1) is 0 Å². The first-order chi connectivity index (χ1) is 15.3. The number of benzene rings is 1. The molecule has 0 radical (unpaired) electrons. The summed E-state index contributed by atoms with van der Waals surface area (Å²) in [6.07, 6.45) is 14.0. The van der Waals surface area contributed by atoms with Crippen LogP contribution < -0.4 is 9.64 Å². The van der Waals surface area contributed by atoms with E-state index in [9.17, 15) is 0 Å². The van der Waals surface area contributed by atoms with E-state index in [-0.39, 0.29) is 0 Å². The number of likely N-dealkylation sites (N-methyl/N-ethyl adjacent to an activating group) is 1. The van der Waals surface area contributed by atoms with Crippen LogP contribution in [0.15, 0.2) is 73.3 Å². The van der Waals surface area contributed by atoms with E-state index in [0.717, 1.165) is 51.4 Å². The average molecular weight is 415 g/mol. The SMILES string of the molecule is CN1CC=Cc2cc(OCCCCN(Cc3ccncc3)Cc3cccnc3)ccc21. The summed E-state index contributed by atoms with van der Waals surface area (Å²) >= 11 is 0. The third-order valence-electron chi connectivity index (χ3n) is 5.51. The second kappa shape index (κ2) is 10.7. The van der Waals surface area contributed by atoms with Crippen LogP contribution in [0.25, 0.3) is 6.08 Å². The number of nitrogens with zero attached hydrogens (tertiary/aromatic N) is 4. The lowest BCUT2D eigenvalue weighted by molar-refractivity contribution is 0.236. The van der Waals surface area contributed by atoms with Crippen LogP contribution in [0.3, 0.4) is 0 Å². The minimum atomic E-state index is 0.730. The lowest BCUT2D eigenvalue weighted by Gasteiger charge is -2.24. The summed E-state index contributed by atoms with van der Waals surface area (Å²) in [6.45, 7) is 4.50. The highest BCUT2D eigenvalue weighted by molar-refractivity contribution is 5.72. The van der Waals surface area contributed by atoms with Crippen molar-refractivity contribution in [1.29, 1.82) is 0 Å². The van der Waals surface area contributed by atoms with E-state index in [4.69, 9.17) is 4.74 Å². The standard InChI is InChI=1S/C26H30N4O/c1-29-15-5-7-24-18-25(8-9-26(24)29)31-17-3-2-16-30(20-22-10-13-27-14-11-22)21-23-6-4-12-28-19-23/h4-14,18-19H,2-3,15-17,20-21H2,1H3. The molecule has 0 unspecified atom stereocenters. The second-order valence-corrected chi connectivity index (χ2v) is 7.99. The normalized spacial score (nSPS) is 12.8. The number of hydrogen-bond donors (Lipinski definition) is 0. The zero-order valence-corrected chi connectivity index (χ0v) is 18.2. The molecule has 1 aliphatic rings. The predicted octanol–water partition coefficient (Wildman–Crippen LogP) is 4.80. The van der Waals surface area contributed by atoms with Crippen LogP contribution in [0.2, 0.25) is 0 Å². The second-order valence-electron chi connectivity index (χ2n) is 7.99. The van der Waals surface area contributed by atoms with Crippen LogP contribution in [0.4, 0.5) is 5.69 Å². The van der Waals surface area contributed by atoms with E-state index < -0.39 is 0 Å². The zero-order valence-electron chi connectivity index (χ0n) is 18.2. The Bertz CT molecular complexity index is 934. The fourth-order valence-corrected chi connectivity index (χ4v) is 3.88. The van der Waals surface area contributed by atoms with Crippen molar-refractivity contribution in [2.75, 3.05) is 31.6 Å². The van der Waals surface area contributed by atoms with Crippen LogP contribution in [0.5, 0.6) is 5.75 Å². The molecule has 0 N–H and O–H groups in total. The molecule has 0 saturated carbocycles. The van der Waals surface area contributed by atoms with E-state index in [1.807, 2.05) is 30.9 Å². The largest absolute Gasteiger partial charge is 0.494 e. The fraction of sp³-hybridized carbons (Fsp3) is 0.308. The number of rotatable bonds is 10. The van der Waals surface area contributed by atoms with Crippen molar-refractivity contribution in [2.45, 2.75) is 25.9 Å². The van der Waals surface area contributed by atoms with Gasteiger partial charge in [0.05, 0.1) is 6.61 Å². The van der Waals surface area contributed by atoms with Gasteiger partial charge in [-0.3, -0.25) is 14.9 Å². The molecular weight excluding hydrogens is 384 g/mol. The molecule has 0 bridgehead atoms. The molecule has 0 saturated heterocycles. The highest BCUT2D eigenvalue weighted by Gasteiger charge is 2.10. The van der Waals surface area contributed by atoms with E-state index in [1.54, 1.807) is 0 Å². The number of pyridine rings is 2. The molecule has 0 atom stereocenters. The Morgan fingerprint density at radius 3 is 2.68 bits per heavy atom. The molecule has 0 aliphatic carbocycles. The minimum absolute atomic E-state index is 0.730. The van der Waals surface area contributed by atoms with Crippen molar-refractivity contribution < 1.29 is 4.74 Å². The van der Waals surface area contributed by atoms with Gasteiger partial charge in [0.2, 0.25) is 0 Å². The highest BCUT2D eigenvalue weighted by Crippen LogP contribution is 2.28. The zero-order chi connectivity index (χ0) is 21.3. The van der Waals surface area contributed by atoms with Crippen molar-refractivity contribution in [3.8, 4) is 5.75 Å². The summed E-state index contributed by atoms with van der Waals surface area (Å²) in [7, 11) is 2.12. The van der Waals surface area contributed by atoms with E-state index >= 15 is 0 Å². The van der Waals surface area contributed by atoms with Crippen molar-refractivity contribution >= 4 is 11.8 Å². The van der Waals surface area contributed by atoms with E-state index in [0.29, 0.717) is 0 Å². The molecule has 0 fully saturated rings. The van der Waals surface area contributed by atoms with Gasteiger partial charge in [0, 0.05) is 62.7 Å². The summed E-state index contributed by atoms with van der Waals surface area (Å²) in [5.41, 5.74) is 5.00. The molecule has 5 heteroatoms. The molecule has 1 aliphatic heterocycles. The molecule has 3 heterocycles. The molecule has 160 valence electrons. The first-order valence-corrected chi connectivity index (χ1v) is 10.9. The Labute approximate surface area is 185 Å². The van der Waals surface area contributed by atoms with Crippen LogP contribution in [0.1, 0.15) is 29.5 Å². The third-order valence-corrected chi connectivity index (χ3v) is 5.51. The molecule has 31 heavy (non-hydrogen) atoms. The number of fused-ring (bicyclic) bond motifs is 1. The smallest absolute Gasteiger partial charge is 0.120 e. The van der Waals surface area contributed by atoms with Crippen molar-refractivity contribution in [2.24, 2.45) is 0 Å². The molecule has 3 aromatic rings. The summed E-state index contributed by atoms with van der Waals surface area (Å²) in [5.74, 6) is 0.947. The summed E-state index contributed by atoms with van der Waals surface area (Å²) in [5, 5.41) is 0. The molecule has 5 nitrogen and oxygen atoms in total. The van der Waals surface area contributed by atoms with Crippen LogP contribution in [-0.4, -0.2) is 41.6 Å². The van der Waals surface area contributed by atoms with Crippen LogP contribution in [0, 0.1) is 0 Å². The first kappa shape index (κ1) is 21.1. The van der Waals surface area contributed by atoms with E-state index in [1.165, 1.54) is 22.4 Å². The first-order valence-electron chi connectivity index (χ1n) is 10.9. The Kier molecular flexibility index (Phi) is 7.29. The fourth-order valence-electron chi connectivity index (χ4n) is 3.88. The third kappa shape index (κ3) is 6.15. The highest BCUT2D eigenvalue weighted by atomic mass is 16.5. The van der Waals surface area contributed by atoms with Crippen molar-refractivity contribution in [3.05, 3.63) is 90.0 Å². The lowest BCUT2D eigenvalue weighted by atomic mass is 10.1. The van der Waals surface area contributed by atoms with E-state index in [2.05, 4.69) is 75.4 Å². The number of aromatic nitrogens is 2. The molecular formula is C26H30N4O. The Balaban J connectivity index is 1.27. The monoisotopic (exact) mass is 414 g/mol. The van der Waals surface area contributed by atoms with Gasteiger partial charge in [0.25, 0.3) is 0 Å². The maximum Gasteiger partial charge on any atom is 0.120 e. The van der Waals surface area contributed by atoms with Gasteiger partial charge in [0.1, 0.15) is 5.75 Å². The van der Waals surface area contributed by atoms with Gasteiger partial charge >= 0.3 is 0 Å². The minimum Gasteiger partial charge on any atom is -0.494 e. The maximum absolute atomic E-state index is 6.04. The van der Waals surface area contributed by atoms with Gasteiger partial charge in [-0.25, -0.2) is 0 Å². The van der Waals surface area contributed by atoms with Gasteiger partial charge < -0.3 is 9.64 Å². The maximum atomic E-state index is 6.04. The topological polar surface area (TPSA) is 41.5 Å². The predicted molar refractivity (Wildman–Crippen MR) is 126 cm³/mol. The molecule has 0 amide bonds. The number of ether oxygens (including phenoxy) is 1. The quantitative estimate of drug-likeness (QED) is 0.446. The number of unbranched alkanes of at least 4 members (excludes halogenated alkanes) is 1. The summed E-state index contributed by atoms with van der Waals surface area (Å²) < 4.78 is 6.04. The Hall–Kier alpha value is -3.18. The lowest BCUT2D eigenvalue weighted by Crippen LogP contribution is -2.24. The van der Waals surface area contributed by atoms with Crippen molar-refractivity contribution in [3.63, 3.8) is 0 Å². The molecule has 1 aromatic carbocycles. The van der Waals surface area contributed by atoms with Crippen molar-refractivity contribution in [1.82, 2.24) is 14.9 Å². The molecule has 4 rings (SSSR count). The van der Waals surface area contributed by atoms with Crippen LogP contribution in [-0.2, 0) is 13.1 Å². The number of anilines is 1. The van der Waals surface area contributed by atoms with Gasteiger partial charge in [0.15, 0.2) is 0 Å². The molecule has 2 aromatic heterocycles. The number of hydrogen-bond acceptors (Lipinski definition) is 5. The summed E-state index contributed by atoms with van der Waals surface area (Å²) in [6, 6.07) is 14.7. The van der Waals surface area contributed by atoms with Gasteiger partial charge in [-0.05, 0) is 66.9 Å². The Morgan fingerprint density at radius 2 is 1.84 bits per heavy atom. The molecule has 0 spiro atoms. The Morgan fingerprint density at radius 1 is 0.968 bits per heavy atom.